The highest BCUT2D eigenvalue weighted by atomic mass is 19.3. The zero-order valence-electron chi connectivity index (χ0n) is 13.3. The lowest BCUT2D eigenvalue weighted by Gasteiger charge is -2.22. The van der Waals surface area contributed by atoms with Crippen molar-refractivity contribution in [2.24, 2.45) is 27.0 Å². The first-order chi connectivity index (χ1) is 11.3. The number of rotatable bonds is 3. The summed E-state index contributed by atoms with van der Waals surface area (Å²) in [5.74, 6) is -3.93. The van der Waals surface area contributed by atoms with Crippen molar-refractivity contribution >= 4 is 17.9 Å². The molecule has 1 aliphatic heterocycles. The van der Waals surface area contributed by atoms with Gasteiger partial charge in [0.1, 0.15) is 0 Å². The molecular weight excluding hydrogens is 314 g/mol. The number of carbonyl (C=O) groups is 1. The summed E-state index contributed by atoms with van der Waals surface area (Å²) in [5.41, 5.74) is 0.299. The predicted molar refractivity (Wildman–Crippen MR) is 85.6 cm³/mol. The van der Waals surface area contributed by atoms with Gasteiger partial charge in [0.15, 0.2) is 0 Å². The normalized spacial score (nSPS) is 35.6. The third-order valence-electron chi connectivity index (χ3n) is 6.05. The summed E-state index contributed by atoms with van der Waals surface area (Å²) < 4.78 is 29.3. The van der Waals surface area contributed by atoms with Crippen LogP contribution >= 0.6 is 0 Å². The van der Waals surface area contributed by atoms with E-state index in [0.717, 1.165) is 5.56 Å². The SMILES string of the molecule is C[C@]12C=NN=C(c3ccc(CC(=O)O)cc3)[C@H]1[C@@]21CCCC1(F)F. The average Bonchev–Trinajstić information content (AvgIpc) is 2.92. The summed E-state index contributed by atoms with van der Waals surface area (Å²) in [6.07, 6.45) is 2.48. The Bertz CT molecular complexity index is 772. The van der Waals surface area contributed by atoms with Crippen molar-refractivity contribution in [1.82, 2.24) is 0 Å². The minimum absolute atomic E-state index is 0.0614. The molecule has 0 aromatic heterocycles. The fourth-order valence-corrected chi connectivity index (χ4v) is 4.90. The Balaban J connectivity index is 1.69. The lowest BCUT2D eigenvalue weighted by atomic mass is 9.90. The van der Waals surface area contributed by atoms with E-state index in [1.807, 2.05) is 6.92 Å². The molecule has 4 rings (SSSR count). The molecule has 2 fully saturated rings. The molecule has 2 saturated carbocycles. The Morgan fingerprint density at radius 1 is 1.29 bits per heavy atom. The first kappa shape index (κ1) is 15.4. The van der Waals surface area contributed by atoms with Crippen LogP contribution < -0.4 is 0 Å². The average molecular weight is 332 g/mol. The molecule has 1 heterocycles. The minimum Gasteiger partial charge on any atom is -0.481 e. The molecule has 0 radical (unpaired) electrons. The molecular formula is C18H18F2N2O2. The van der Waals surface area contributed by atoms with Gasteiger partial charge in [-0.3, -0.25) is 4.79 Å². The standard InChI is InChI=1S/C18H18F2N2O2/c1-16-10-21-22-14(12-5-3-11(4-6-12)9-13(23)24)15(16)17(16)7-2-8-18(17,19)20/h3-6,10,15H,2,7-9H2,1H3,(H,23,24)/t15-,16+,17+/m1/s1. The van der Waals surface area contributed by atoms with Gasteiger partial charge in [0, 0.05) is 24.0 Å². The van der Waals surface area contributed by atoms with Crippen LogP contribution in [0.3, 0.4) is 0 Å². The Morgan fingerprint density at radius 3 is 2.58 bits per heavy atom. The summed E-state index contributed by atoms with van der Waals surface area (Å²) in [4.78, 5) is 10.8. The highest BCUT2D eigenvalue weighted by Gasteiger charge is 2.85. The molecule has 4 nitrogen and oxygen atoms in total. The maximum atomic E-state index is 14.6. The van der Waals surface area contributed by atoms with Gasteiger partial charge >= 0.3 is 5.97 Å². The van der Waals surface area contributed by atoms with E-state index in [4.69, 9.17) is 5.11 Å². The molecule has 0 unspecified atom stereocenters. The van der Waals surface area contributed by atoms with Gasteiger partial charge in [0.05, 0.1) is 17.5 Å². The number of carboxylic acid groups (broad SMARTS) is 1. The Labute approximate surface area is 138 Å². The van der Waals surface area contributed by atoms with E-state index in [2.05, 4.69) is 10.2 Å². The maximum Gasteiger partial charge on any atom is 0.307 e. The van der Waals surface area contributed by atoms with Gasteiger partial charge in [-0.25, -0.2) is 8.78 Å². The summed E-state index contributed by atoms with van der Waals surface area (Å²) in [7, 11) is 0. The monoisotopic (exact) mass is 332 g/mol. The topological polar surface area (TPSA) is 62.0 Å². The third-order valence-corrected chi connectivity index (χ3v) is 6.05. The predicted octanol–water partition coefficient (Wildman–Crippen LogP) is 3.54. The molecule has 0 saturated heterocycles. The van der Waals surface area contributed by atoms with E-state index in [-0.39, 0.29) is 18.8 Å². The maximum absolute atomic E-state index is 14.6. The number of halogens is 2. The molecule has 0 bridgehead atoms. The quantitative estimate of drug-likeness (QED) is 0.920. The Kier molecular flexibility index (Phi) is 3.03. The van der Waals surface area contributed by atoms with E-state index in [1.165, 1.54) is 0 Å². The number of benzene rings is 1. The molecule has 0 amide bonds. The van der Waals surface area contributed by atoms with Gasteiger partial charge < -0.3 is 5.11 Å². The van der Waals surface area contributed by atoms with Crippen molar-refractivity contribution in [2.45, 2.75) is 38.5 Å². The van der Waals surface area contributed by atoms with Gasteiger partial charge in [0.25, 0.3) is 5.92 Å². The number of fused-ring (bicyclic) bond motifs is 3. The van der Waals surface area contributed by atoms with Crippen molar-refractivity contribution in [3.05, 3.63) is 35.4 Å². The van der Waals surface area contributed by atoms with Crippen molar-refractivity contribution < 1.29 is 18.7 Å². The van der Waals surface area contributed by atoms with Gasteiger partial charge in [-0.2, -0.15) is 10.2 Å². The number of hydrogen-bond donors (Lipinski definition) is 1. The van der Waals surface area contributed by atoms with Crippen LogP contribution in [0.5, 0.6) is 0 Å². The van der Waals surface area contributed by atoms with Crippen LogP contribution in [0.25, 0.3) is 0 Å². The molecule has 6 heteroatoms. The molecule has 1 spiro atoms. The number of nitrogens with zero attached hydrogens (tertiary/aromatic N) is 2. The third kappa shape index (κ3) is 1.79. The van der Waals surface area contributed by atoms with Gasteiger partial charge in [-0.15, -0.1) is 0 Å². The fourth-order valence-electron chi connectivity index (χ4n) is 4.90. The second-order valence-electron chi connectivity index (χ2n) is 7.24. The number of carboxylic acids is 1. The summed E-state index contributed by atoms with van der Waals surface area (Å²) in [6, 6.07) is 6.95. The molecule has 3 aliphatic rings. The summed E-state index contributed by atoms with van der Waals surface area (Å²) in [6.45, 7) is 1.86. The van der Waals surface area contributed by atoms with Crippen molar-refractivity contribution in [1.29, 1.82) is 0 Å². The first-order valence-corrected chi connectivity index (χ1v) is 8.13. The van der Waals surface area contributed by atoms with E-state index < -0.39 is 22.7 Å². The lowest BCUT2D eigenvalue weighted by molar-refractivity contribution is -0.136. The van der Waals surface area contributed by atoms with E-state index in [1.54, 1.807) is 30.5 Å². The van der Waals surface area contributed by atoms with Crippen LogP contribution in [0.2, 0.25) is 0 Å². The van der Waals surface area contributed by atoms with Crippen LogP contribution in [-0.4, -0.2) is 28.9 Å². The fraction of sp³-hybridized carbons (Fsp3) is 0.500. The largest absolute Gasteiger partial charge is 0.481 e. The second kappa shape index (κ2) is 4.71. The summed E-state index contributed by atoms with van der Waals surface area (Å²) in [5, 5.41) is 17.0. The molecule has 1 N–H and O–H groups in total. The van der Waals surface area contributed by atoms with Crippen LogP contribution in [-0.2, 0) is 11.2 Å². The van der Waals surface area contributed by atoms with Crippen LogP contribution in [0, 0.1) is 16.7 Å². The van der Waals surface area contributed by atoms with Crippen molar-refractivity contribution in [3.8, 4) is 0 Å². The van der Waals surface area contributed by atoms with Crippen molar-refractivity contribution in [3.63, 3.8) is 0 Å². The van der Waals surface area contributed by atoms with E-state index in [0.29, 0.717) is 24.1 Å². The molecule has 1 aromatic rings. The Hall–Kier alpha value is -2.11. The molecule has 126 valence electrons. The molecule has 2 aliphatic carbocycles. The number of alkyl halides is 2. The smallest absolute Gasteiger partial charge is 0.307 e. The zero-order chi connectivity index (χ0) is 17.2. The van der Waals surface area contributed by atoms with Crippen molar-refractivity contribution in [2.75, 3.05) is 0 Å². The lowest BCUT2D eigenvalue weighted by Crippen LogP contribution is -2.29. The zero-order valence-corrected chi connectivity index (χ0v) is 13.3. The van der Waals surface area contributed by atoms with E-state index >= 15 is 0 Å². The van der Waals surface area contributed by atoms with Gasteiger partial charge in [0.2, 0.25) is 0 Å². The minimum atomic E-state index is -2.70. The highest BCUT2D eigenvalue weighted by Crippen LogP contribution is 2.80. The highest BCUT2D eigenvalue weighted by molar-refractivity contribution is 6.10. The van der Waals surface area contributed by atoms with Crippen LogP contribution in [0.1, 0.15) is 37.3 Å². The molecule has 3 atom stereocenters. The van der Waals surface area contributed by atoms with Crippen LogP contribution in [0.15, 0.2) is 34.5 Å². The number of hydrogen-bond acceptors (Lipinski definition) is 3. The Morgan fingerprint density at radius 2 is 2.00 bits per heavy atom. The second-order valence-corrected chi connectivity index (χ2v) is 7.24. The summed E-state index contributed by atoms with van der Waals surface area (Å²) >= 11 is 0. The first-order valence-electron chi connectivity index (χ1n) is 8.13. The van der Waals surface area contributed by atoms with Gasteiger partial charge in [-0.05, 0) is 24.0 Å². The molecule has 24 heavy (non-hydrogen) atoms. The van der Waals surface area contributed by atoms with E-state index in [9.17, 15) is 13.6 Å². The number of aliphatic carboxylic acids is 1. The van der Waals surface area contributed by atoms with Crippen LogP contribution in [0.4, 0.5) is 8.78 Å². The van der Waals surface area contributed by atoms with Gasteiger partial charge in [-0.1, -0.05) is 31.2 Å². The molecule has 1 aromatic carbocycles.